The number of H-pyrrole nitrogens is 1. The molecule has 0 aliphatic heterocycles. The SMILES string of the molecule is CCCOc1ccc(/C=N\NC(=O)c2ccc3nc(Cc4ccccc4)[nH]c3c2)cc1[N+](=O)[O-]. The number of imidazole rings is 1. The van der Waals surface area contributed by atoms with Gasteiger partial charge in [0.05, 0.1) is 28.8 Å². The number of aromatic nitrogens is 2. The molecule has 4 rings (SSSR count). The second-order valence-electron chi connectivity index (χ2n) is 7.61. The quantitative estimate of drug-likeness (QED) is 0.216. The molecule has 172 valence electrons. The highest BCUT2D eigenvalue weighted by atomic mass is 16.6. The molecule has 0 bridgehead atoms. The number of hydrogen-bond donors (Lipinski definition) is 2. The first-order chi connectivity index (χ1) is 16.5. The number of amides is 1. The van der Waals surface area contributed by atoms with Crippen molar-refractivity contribution >= 4 is 28.8 Å². The maximum Gasteiger partial charge on any atom is 0.311 e. The fourth-order valence-corrected chi connectivity index (χ4v) is 3.40. The number of fused-ring (bicyclic) bond motifs is 1. The minimum Gasteiger partial charge on any atom is -0.487 e. The Labute approximate surface area is 195 Å². The van der Waals surface area contributed by atoms with Crippen LogP contribution < -0.4 is 10.2 Å². The van der Waals surface area contributed by atoms with Crippen LogP contribution in [0.15, 0.2) is 71.8 Å². The van der Waals surface area contributed by atoms with Gasteiger partial charge in [0.15, 0.2) is 5.75 Å². The molecule has 1 heterocycles. The number of nitro benzene ring substituents is 1. The molecule has 0 saturated carbocycles. The van der Waals surface area contributed by atoms with Gasteiger partial charge in [0.2, 0.25) is 0 Å². The zero-order valence-electron chi connectivity index (χ0n) is 18.5. The Morgan fingerprint density at radius 1 is 1.18 bits per heavy atom. The van der Waals surface area contributed by atoms with Crippen molar-refractivity contribution in [2.24, 2.45) is 5.10 Å². The summed E-state index contributed by atoms with van der Waals surface area (Å²) in [6.45, 7) is 2.31. The summed E-state index contributed by atoms with van der Waals surface area (Å²) in [4.78, 5) is 31.2. The molecule has 2 N–H and O–H groups in total. The maximum atomic E-state index is 12.5. The molecule has 34 heavy (non-hydrogen) atoms. The predicted molar refractivity (Wildman–Crippen MR) is 129 cm³/mol. The summed E-state index contributed by atoms with van der Waals surface area (Å²) < 4.78 is 5.41. The highest BCUT2D eigenvalue weighted by molar-refractivity contribution is 5.97. The van der Waals surface area contributed by atoms with Gasteiger partial charge in [-0.25, -0.2) is 10.4 Å². The first-order valence-corrected chi connectivity index (χ1v) is 10.8. The summed E-state index contributed by atoms with van der Waals surface area (Å²) in [7, 11) is 0. The largest absolute Gasteiger partial charge is 0.487 e. The fourth-order valence-electron chi connectivity index (χ4n) is 3.40. The van der Waals surface area contributed by atoms with Gasteiger partial charge in [0, 0.05) is 23.6 Å². The van der Waals surface area contributed by atoms with E-state index < -0.39 is 10.8 Å². The van der Waals surface area contributed by atoms with Crippen molar-refractivity contribution in [2.45, 2.75) is 19.8 Å². The molecular formula is C25H23N5O4. The van der Waals surface area contributed by atoms with E-state index in [9.17, 15) is 14.9 Å². The number of rotatable bonds is 9. The zero-order valence-corrected chi connectivity index (χ0v) is 18.5. The Morgan fingerprint density at radius 3 is 2.76 bits per heavy atom. The van der Waals surface area contributed by atoms with Crippen LogP contribution in [0.2, 0.25) is 0 Å². The molecule has 0 unspecified atom stereocenters. The summed E-state index contributed by atoms with van der Waals surface area (Å²) in [5, 5.41) is 15.3. The maximum absolute atomic E-state index is 12.5. The second kappa shape index (κ2) is 10.4. The number of nitro groups is 1. The molecule has 0 spiro atoms. The van der Waals surface area contributed by atoms with Gasteiger partial charge >= 0.3 is 5.69 Å². The van der Waals surface area contributed by atoms with Gasteiger partial charge < -0.3 is 9.72 Å². The highest BCUT2D eigenvalue weighted by Gasteiger charge is 2.15. The van der Waals surface area contributed by atoms with Crippen LogP contribution in [-0.4, -0.2) is 33.6 Å². The Balaban J connectivity index is 1.43. The number of hydrogen-bond acceptors (Lipinski definition) is 6. The third kappa shape index (κ3) is 5.44. The van der Waals surface area contributed by atoms with Crippen molar-refractivity contribution in [3.8, 4) is 5.75 Å². The van der Waals surface area contributed by atoms with Crippen LogP contribution in [0.5, 0.6) is 5.75 Å². The molecule has 0 aliphatic rings. The average molecular weight is 457 g/mol. The van der Waals surface area contributed by atoms with Crippen molar-refractivity contribution < 1.29 is 14.5 Å². The Bertz CT molecular complexity index is 1350. The number of carbonyl (C=O) groups is 1. The summed E-state index contributed by atoms with van der Waals surface area (Å²) >= 11 is 0. The lowest BCUT2D eigenvalue weighted by molar-refractivity contribution is -0.385. The lowest BCUT2D eigenvalue weighted by atomic mass is 10.1. The first kappa shape index (κ1) is 22.7. The van der Waals surface area contributed by atoms with E-state index in [0.29, 0.717) is 24.2 Å². The number of nitrogens with one attached hydrogen (secondary N) is 2. The van der Waals surface area contributed by atoms with Crippen LogP contribution in [0.4, 0.5) is 5.69 Å². The van der Waals surface area contributed by atoms with Gasteiger partial charge in [0.25, 0.3) is 5.91 Å². The lowest BCUT2D eigenvalue weighted by Crippen LogP contribution is -2.17. The van der Waals surface area contributed by atoms with Crippen molar-refractivity contribution in [1.82, 2.24) is 15.4 Å². The minimum absolute atomic E-state index is 0.153. The number of carbonyl (C=O) groups excluding carboxylic acids is 1. The molecule has 9 nitrogen and oxygen atoms in total. The van der Waals surface area contributed by atoms with E-state index in [4.69, 9.17) is 4.74 Å². The van der Waals surface area contributed by atoms with E-state index in [2.05, 4.69) is 20.5 Å². The van der Waals surface area contributed by atoms with Gasteiger partial charge in [-0.15, -0.1) is 0 Å². The number of aromatic amines is 1. The minimum atomic E-state index is -0.507. The molecule has 1 aromatic heterocycles. The van der Waals surface area contributed by atoms with Crippen molar-refractivity contribution in [3.05, 3.63) is 99.4 Å². The molecule has 9 heteroatoms. The number of benzene rings is 3. The van der Waals surface area contributed by atoms with Crippen LogP contribution in [0.25, 0.3) is 11.0 Å². The van der Waals surface area contributed by atoms with Crippen molar-refractivity contribution in [3.63, 3.8) is 0 Å². The zero-order chi connectivity index (χ0) is 23.9. The molecule has 4 aromatic rings. The molecule has 0 fully saturated rings. The molecular weight excluding hydrogens is 434 g/mol. The number of hydrazone groups is 1. The summed E-state index contributed by atoms with van der Waals surface area (Å²) in [5.74, 6) is 0.604. The molecule has 0 saturated heterocycles. The lowest BCUT2D eigenvalue weighted by Gasteiger charge is -2.05. The van der Waals surface area contributed by atoms with Crippen LogP contribution in [-0.2, 0) is 6.42 Å². The molecule has 0 radical (unpaired) electrons. The van der Waals surface area contributed by atoms with Crippen LogP contribution >= 0.6 is 0 Å². The van der Waals surface area contributed by atoms with Crippen molar-refractivity contribution in [2.75, 3.05) is 6.61 Å². The van der Waals surface area contributed by atoms with Gasteiger partial charge in [-0.05, 0) is 42.3 Å². The third-order valence-electron chi connectivity index (χ3n) is 5.03. The Morgan fingerprint density at radius 2 is 2.00 bits per heavy atom. The average Bonchev–Trinajstić information content (AvgIpc) is 3.25. The smallest absolute Gasteiger partial charge is 0.311 e. The molecule has 1 amide bonds. The molecule has 3 aromatic carbocycles. The van der Waals surface area contributed by atoms with E-state index in [-0.39, 0.29) is 11.4 Å². The van der Waals surface area contributed by atoms with Gasteiger partial charge in [-0.1, -0.05) is 37.3 Å². The van der Waals surface area contributed by atoms with Crippen LogP contribution in [0, 0.1) is 10.1 Å². The highest BCUT2D eigenvalue weighted by Crippen LogP contribution is 2.27. The number of nitrogens with zero attached hydrogens (tertiary/aromatic N) is 3. The number of ether oxygens (including phenoxy) is 1. The Hall–Kier alpha value is -4.53. The van der Waals surface area contributed by atoms with E-state index in [0.717, 1.165) is 28.8 Å². The second-order valence-corrected chi connectivity index (χ2v) is 7.61. The van der Waals surface area contributed by atoms with Crippen molar-refractivity contribution in [1.29, 1.82) is 0 Å². The molecule has 0 atom stereocenters. The topological polar surface area (TPSA) is 123 Å². The van der Waals surface area contributed by atoms with Gasteiger partial charge in [-0.3, -0.25) is 14.9 Å². The fraction of sp³-hybridized carbons (Fsp3) is 0.160. The van der Waals surface area contributed by atoms with E-state index in [1.807, 2.05) is 37.3 Å². The van der Waals surface area contributed by atoms with Crippen LogP contribution in [0.3, 0.4) is 0 Å². The summed E-state index contributed by atoms with van der Waals surface area (Å²) in [6, 6.07) is 19.7. The van der Waals surface area contributed by atoms with E-state index >= 15 is 0 Å². The van der Waals surface area contributed by atoms with E-state index in [1.165, 1.54) is 18.3 Å². The van der Waals surface area contributed by atoms with Gasteiger partial charge in [0.1, 0.15) is 5.82 Å². The monoisotopic (exact) mass is 457 g/mol. The first-order valence-electron chi connectivity index (χ1n) is 10.8. The van der Waals surface area contributed by atoms with Crippen LogP contribution in [0.1, 0.15) is 40.7 Å². The third-order valence-corrected chi connectivity index (χ3v) is 5.03. The molecule has 0 aliphatic carbocycles. The summed E-state index contributed by atoms with van der Waals surface area (Å²) in [6.07, 6.45) is 2.75. The standard InChI is InChI=1S/C25H23N5O4/c1-2-12-34-23-11-8-18(13-22(23)30(32)33)16-26-29-25(31)19-9-10-20-21(15-19)28-24(27-20)14-17-6-4-3-5-7-17/h3-11,13,15-16H,2,12,14H2,1H3,(H,27,28)(H,29,31)/b26-16-. The summed E-state index contributed by atoms with van der Waals surface area (Å²) in [5.41, 5.74) is 5.83. The predicted octanol–water partition coefficient (Wildman–Crippen LogP) is 4.61. The normalized spacial score (nSPS) is 11.1. The Kier molecular flexibility index (Phi) is 6.92. The van der Waals surface area contributed by atoms with Gasteiger partial charge in [-0.2, -0.15) is 5.10 Å². The van der Waals surface area contributed by atoms with E-state index in [1.54, 1.807) is 24.3 Å².